The van der Waals surface area contributed by atoms with Crippen molar-refractivity contribution in [1.82, 2.24) is 4.98 Å². The molecule has 1 aromatic heterocycles. The Kier molecular flexibility index (Phi) is 5.15. The van der Waals surface area contributed by atoms with E-state index in [1.54, 1.807) is 12.1 Å². The summed E-state index contributed by atoms with van der Waals surface area (Å²) in [6.07, 6.45) is 8.66. The number of carbonyl (C=O) groups is 1. The highest BCUT2D eigenvalue weighted by molar-refractivity contribution is 6.39. The Morgan fingerprint density at radius 2 is 1.77 bits per heavy atom. The molecule has 0 unspecified atom stereocenters. The Balaban J connectivity index is 1.39. The van der Waals surface area contributed by atoms with Crippen molar-refractivity contribution in [3.8, 4) is 16.9 Å². The van der Waals surface area contributed by atoms with Gasteiger partial charge in [0, 0.05) is 18.0 Å². The number of fused-ring (bicyclic) bond motifs is 1. The van der Waals surface area contributed by atoms with Gasteiger partial charge in [0.2, 0.25) is 0 Å². The highest BCUT2D eigenvalue weighted by Crippen LogP contribution is 2.46. The topological polar surface area (TPSA) is 51.2 Å². The predicted molar refractivity (Wildman–Crippen MR) is 124 cm³/mol. The number of halogens is 2. The van der Waals surface area contributed by atoms with Crippen LogP contribution < -0.4 is 10.1 Å². The van der Waals surface area contributed by atoms with E-state index in [-0.39, 0.29) is 11.5 Å². The Morgan fingerprint density at radius 3 is 2.42 bits per heavy atom. The summed E-state index contributed by atoms with van der Waals surface area (Å²) in [6.45, 7) is 2.12. The highest BCUT2D eigenvalue weighted by atomic mass is 35.5. The fraction of sp³-hybridized carbons (Fsp3) is 0.280. The smallest absolute Gasteiger partial charge is 0.255 e. The van der Waals surface area contributed by atoms with E-state index in [2.05, 4.69) is 29.4 Å². The lowest BCUT2D eigenvalue weighted by Gasteiger charge is -2.45. The third kappa shape index (κ3) is 3.79. The van der Waals surface area contributed by atoms with Crippen molar-refractivity contribution in [2.75, 3.05) is 5.32 Å². The number of benzene rings is 2. The zero-order valence-electron chi connectivity index (χ0n) is 17.2. The Morgan fingerprint density at radius 1 is 1.06 bits per heavy atom. The number of ether oxygens (including phenoxy) is 1. The van der Waals surface area contributed by atoms with E-state index >= 15 is 0 Å². The molecular weight excluding hydrogens is 431 g/mol. The molecule has 0 radical (unpaired) electrons. The van der Waals surface area contributed by atoms with E-state index in [1.165, 1.54) is 29.9 Å². The minimum Gasteiger partial charge on any atom is -0.487 e. The maximum Gasteiger partial charge on any atom is 0.255 e. The molecule has 1 saturated carbocycles. The summed E-state index contributed by atoms with van der Waals surface area (Å²) in [5.74, 6) is 0.731. The molecule has 1 N–H and O–H groups in total. The molecule has 0 atom stereocenters. The molecule has 1 spiro atoms. The number of nitrogens with one attached hydrogen (secondary N) is 1. The fourth-order valence-corrected chi connectivity index (χ4v) is 4.90. The largest absolute Gasteiger partial charge is 0.487 e. The molecule has 4 nitrogen and oxygen atoms in total. The van der Waals surface area contributed by atoms with Gasteiger partial charge in [-0.05, 0) is 79.5 Å². The van der Waals surface area contributed by atoms with Gasteiger partial charge in [-0.1, -0.05) is 41.4 Å². The monoisotopic (exact) mass is 452 g/mol. The molecule has 1 aliphatic heterocycles. The molecule has 5 rings (SSSR count). The number of anilines is 1. The quantitative estimate of drug-likeness (QED) is 0.471. The average molecular weight is 453 g/mol. The van der Waals surface area contributed by atoms with Crippen LogP contribution in [0.5, 0.6) is 5.75 Å². The summed E-state index contributed by atoms with van der Waals surface area (Å²) in [5.41, 5.74) is 5.63. The standard InChI is InChI=1S/C25H22Cl2N2O2/c1-15-11-18-7-10-25(8-2-9-25)31-22(18)12-19(15)16-3-5-17(6-4-16)24(30)29-23-20(26)13-28-14-21(23)27/h3-6,11-14H,2,7-10H2,1H3,(H,28,29,30). The summed E-state index contributed by atoms with van der Waals surface area (Å²) in [6, 6.07) is 11.9. The number of aryl methyl sites for hydroxylation is 2. The molecule has 2 heterocycles. The summed E-state index contributed by atoms with van der Waals surface area (Å²) in [5, 5.41) is 3.36. The van der Waals surface area contributed by atoms with Crippen molar-refractivity contribution in [3.05, 3.63) is 75.5 Å². The van der Waals surface area contributed by atoms with E-state index in [4.69, 9.17) is 27.9 Å². The van der Waals surface area contributed by atoms with Crippen LogP contribution in [-0.2, 0) is 6.42 Å². The Labute approximate surface area is 191 Å². The number of hydrogen-bond donors (Lipinski definition) is 1. The number of carbonyl (C=O) groups excluding carboxylic acids is 1. The third-order valence-electron chi connectivity index (χ3n) is 6.40. The Bertz CT molecular complexity index is 1150. The molecule has 158 valence electrons. The van der Waals surface area contributed by atoms with Crippen molar-refractivity contribution >= 4 is 34.8 Å². The van der Waals surface area contributed by atoms with Crippen molar-refractivity contribution in [1.29, 1.82) is 0 Å². The summed E-state index contributed by atoms with van der Waals surface area (Å²) in [4.78, 5) is 16.6. The fourth-order valence-electron chi connectivity index (χ4n) is 4.44. The number of nitrogens with zero attached hydrogens (tertiary/aromatic N) is 1. The van der Waals surface area contributed by atoms with Gasteiger partial charge in [-0.3, -0.25) is 9.78 Å². The third-order valence-corrected chi connectivity index (χ3v) is 6.97. The molecule has 1 aliphatic carbocycles. The van der Waals surface area contributed by atoms with Crippen LogP contribution >= 0.6 is 23.2 Å². The van der Waals surface area contributed by atoms with Crippen LogP contribution in [0, 0.1) is 6.92 Å². The van der Waals surface area contributed by atoms with Crippen LogP contribution in [0.15, 0.2) is 48.8 Å². The summed E-state index contributed by atoms with van der Waals surface area (Å²) < 4.78 is 6.43. The van der Waals surface area contributed by atoms with Crippen LogP contribution in [0.3, 0.4) is 0 Å². The molecule has 31 heavy (non-hydrogen) atoms. The highest BCUT2D eigenvalue weighted by Gasteiger charge is 2.41. The van der Waals surface area contributed by atoms with Gasteiger partial charge in [0.05, 0.1) is 15.7 Å². The van der Waals surface area contributed by atoms with E-state index in [9.17, 15) is 4.79 Å². The molecular formula is C25H22Cl2N2O2. The number of aromatic nitrogens is 1. The minimum atomic E-state index is -0.279. The molecule has 3 aromatic rings. The summed E-state index contributed by atoms with van der Waals surface area (Å²) in [7, 11) is 0. The van der Waals surface area contributed by atoms with Crippen molar-refractivity contribution < 1.29 is 9.53 Å². The van der Waals surface area contributed by atoms with Gasteiger partial charge in [-0.2, -0.15) is 0 Å². The zero-order valence-corrected chi connectivity index (χ0v) is 18.7. The van der Waals surface area contributed by atoms with Gasteiger partial charge in [-0.25, -0.2) is 0 Å². The number of rotatable bonds is 3. The number of pyridine rings is 1. The molecule has 6 heteroatoms. The first-order chi connectivity index (χ1) is 14.9. The second kappa shape index (κ2) is 7.85. The van der Waals surface area contributed by atoms with E-state index in [0.717, 1.165) is 42.6 Å². The van der Waals surface area contributed by atoms with Gasteiger partial charge < -0.3 is 10.1 Å². The van der Waals surface area contributed by atoms with Crippen LogP contribution in [0.25, 0.3) is 11.1 Å². The normalized spacial score (nSPS) is 16.2. The second-order valence-corrected chi connectivity index (χ2v) is 9.24. The Hall–Kier alpha value is -2.56. The zero-order chi connectivity index (χ0) is 21.6. The van der Waals surface area contributed by atoms with Gasteiger partial charge in [0.1, 0.15) is 11.4 Å². The molecule has 2 aromatic carbocycles. The number of amides is 1. The van der Waals surface area contributed by atoms with Crippen molar-refractivity contribution in [2.24, 2.45) is 0 Å². The molecule has 0 saturated heterocycles. The van der Waals surface area contributed by atoms with Crippen molar-refractivity contribution in [2.45, 2.75) is 44.6 Å². The predicted octanol–water partition coefficient (Wildman–Crippen LogP) is 6.86. The van der Waals surface area contributed by atoms with Crippen LogP contribution in [0.4, 0.5) is 5.69 Å². The van der Waals surface area contributed by atoms with Gasteiger partial charge in [-0.15, -0.1) is 0 Å². The van der Waals surface area contributed by atoms with Gasteiger partial charge >= 0.3 is 0 Å². The first-order valence-electron chi connectivity index (χ1n) is 10.5. The lowest BCUT2D eigenvalue weighted by Crippen LogP contribution is -2.45. The maximum atomic E-state index is 12.7. The second-order valence-electron chi connectivity index (χ2n) is 8.42. The minimum absolute atomic E-state index is 0.0664. The molecule has 1 fully saturated rings. The lowest BCUT2D eigenvalue weighted by atomic mass is 9.74. The average Bonchev–Trinajstić information content (AvgIpc) is 2.74. The van der Waals surface area contributed by atoms with Gasteiger partial charge in [0.15, 0.2) is 0 Å². The first-order valence-corrected chi connectivity index (χ1v) is 11.2. The molecule has 0 bridgehead atoms. The van der Waals surface area contributed by atoms with Crippen LogP contribution in [0.1, 0.15) is 47.2 Å². The van der Waals surface area contributed by atoms with E-state index in [0.29, 0.717) is 21.3 Å². The SMILES string of the molecule is Cc1cc2c(cc1-c1ccc(C(=O)Nc3c(Cl)cncc3Cl)cc1)OC1(CCC1)CC2. The van der Waals surface area contributed by atoms with E-state index in [1.807, 2.05) is 12.1 Å². The molecule has 2 aliphatic rings. The van der Waals surface area contributed by atoms with Crippen molar-refractivity contribution in [3.63, 3.8) is 0 Å². The summed E-state index contributed by atoms with van der Waals surface area (Å²) >= 11 is 12.2. The molecule has 1 amide bonds. The van der Waals surface area contributed by atoms with Crippen LogP contribution in [-0.4, -0.2) is 16.5 Å². The first kappa shape index (κ1) is 20.3. The maximum absolute atomic E-state index is 12.7. The van der Waals surface area contributed by atoms with E-state index < -0.39 is 0 Å². The van der Waals surface area contributed by atoms with Gasteiger partial charge in [0.25, 0.3) is 5.91 Å². The van der Waals surface area contributed by atoms with Crippen LogP contribution in [0.2, 0.25) is 10.0 Å². The lowest BCUT2D eigenvalue weighted by molar-refractivity contribution is -0.0249. The number of hydrogen-bond acceptors (Lipinski definition) is 3.